The quantitative estimate of drug-likeness (QED) is 0.869. The second kappa shape index (κ2) is 6.02. The molecular weight excluding hydrogens is 254 g/mol. The summed E-state index contributed by atoms with van der Waals surface area (Å²) in [6, 6.07) is 5.54. The minimum atomic E-state index is -0.599. The summed E-state index contributed by atoms with van der Waals surface area (Å²) in [6.07, 6.45) is 2.44. The number of rotatable bonds is 5. The van der Waals surface area contributed by atoms with Gasteiger partial charge in [-0.05, 0) is 30.9 Å². The average molecular weight is 279 g/mol. The highest BCUT2D eigenvalue weighted by atomic mass is 16.5. The fourth-order valence-electron chi connectivity index (χ4n) is 3.35. The Morgan fingerprint density at radius 3 is 2.65 bits per heavy atom. The number of benzene rings is 1. The summed E-state index contributed by atoms with van der Waals surface area (Å²) >= 11 is 0. The van der Waals surface area contributed by atoms with E-state index in [0.717, 1.165) is 30.6 Å². The molecule has 1 aliphatic rings. The van der Waals surface area contributed by atoms with Crippen molar-refractivity contribution in [3.63, 3.8) is 0 Å². The van der Waals surface area contributed by atoms with Crippen LogP contribution in [0.3, 0.4) is 0 Å². The molecular formula is C16H25NO3. The van der Waals surface area contributed by atoms with E-state index >= 15 is 0 Å². The number of hydrogen-bond donors (Lipinski definition) is 2. The molecule has 4 heteroatoms. The lowest BCUT2D eigenvalue weighted by Gasteiger charge is -2.34. The molecule has 0 aromatic heterocycles. The summed E-state index contributed by atoms with van der Waals surface area (Å²) in [4.78, 5) is 0. The third-order valence-corrected chi connectivity index (χ3v) is 4.61. The zero-order valence-corrected chi connectivity index (χ0v) is 12.6. The van der Waals surface area contributed by atoms with Crippen molar-refractivity contribution < 1.29 is 14.6 Å². The minimum absolute atomic E-state index is 0.235. The molecule has 112 valence electrons. The van der Waals surface area contributed by atoms with Crippen LogP contribution in [0.4, 0.5) is 0 Å². The number of nitrogens with two attached hydrogens (primary N) is 1. The third kappa shape index (κ3) is 2.63. The SMILES string of the molecule is COc1ccc(C(O)C2(CN)CCC(C)C2)c(OC)c1. The molecule has 0 radical (unpaired) electrons. The lowest BCUT2D eigenvalue weighted by Crippen LogP contribution is -2.34. The Kier molecular flexibility index (Phi) is 4.55. The lowest BCUT2D eigenvalue weighted by atomic mass is 9.76. The molecule has 4 nitrogen and oxygen atoms in total. The highest BCUT2D eigenvalue weighted by Crippen LogP contribution is 2.50. The van der Waals surface area contributed by atoms with Gasteiger partial charge in [-0.15, -0.1) is 0 Å². The zero-order chi connectivity index (χ0) is 14.8. The van der Waals surface area contributed by atoms with Gasteiger partial charge in [0.1, 0.15) is 11.5 Å². The molecule has 0 amide bonds. The molecule has 1 aromatic rings. The van der Waals surface area contributed by atoms with Gasteiger partial charge >= 0.3 is 0 Å². The van der Waals surface area contributed by atoms with Gasteiger partial charge in [0.25, 0.3) is 0 Å². The molecule has 1 aliphatic carbocycles. The first-order valence-electron chi connectivity index (χ1n) is 7.16. The van der Waals surface area contributed by atoms with E-state index in [2.05, 4.69) is 6.92 Å². The maximum absolute atomic E-state index is 10.9. The van der Waals surface area contributed by atoms with Crippen LogP contribution in [0.1, 0.15) is 37.9 Å². The van der Waals surface area contributed by atoms with Crippen molar-refractivity contribution in [1.82, 2.24) is 0 Å². The maximum Gasteiger partial charge on any atom is 0.128 e. The molecule has 0 bridgehead atoms. The number of methoxy groups -OCH3 is 2. The smallest absolute Gasteiger partial charge is 0.128 e. The lowest BCUT2D eigenvalue weighted by molar-refractivity contribution is 0.0289. The van der Waals surface area contributed by atoms with Gasteiger partial charge in [0, 0.05) is 23.6 Å². The van der Waals surface area contributed by atoms with Crippen LogP contribution in [0.2, 0.25) is 0 Å². The second-order valence-corrected chi connectivity index (χ2v) is 5.92. The van der Waals surface area contributed by atoms with E-state index in [1.54, 1.807) is 20.3 Å². The van der Waals surface area contributed by atoms with Crippen LogP contribution < -0.4 is 15.2 Å². The van der Waals surface area contributed by atoms with Crippen molar-refractivity contribution in [3.8, 4) is 11.5 Å². The Labute approximate surface area is 120 Å². The van der Waals surface area contributed by atoms with Crippen LogP contribution in [0.15, 0.2) is 18.2 Å². The summed E-state index contributed by atoms with van der Waals surface area (Å²) in [5, 5.41) is 10.9. The van der Waals surface area contributed by atoms with Crippen LogP contribution in [-0.4, -0.2) is 25.9 Å². The molecule has 0 spiro atoms. The van der Waals surface area contributed by atoms with Crippen molar-refractivity contribution in [3.05, 3.63) is 23.8 Å². The highest BCUT2D eigenvalue weighted by Gasteiger charge is 2.43. The molecule has 3 atom stereocenters. The van der Waals surface area contributed by atoms with E-state index in [-0.39, 0.29) is 5.41 Å². The van der Waals surface area contributed by atoms with Gasteiger partial charge in [-0.25, -0.2) is 0 Å². The molecule has 0 aliphatic heterocycles. The number of ether oxygens (including phenoxy) is 2. The van der Waals surface area contributed by atoms with Crippen molar-refractivity contribution in [1.29, 1.82) is 0 Å². The van der Waals surface area contributed by atoms with Gasteiger partial charge in [0.05, 0.1) is 20.3 Å². The van der Waals surface area contributed by atoms with E-state index in [0.29, 0.717) is 18.2 Å². The fourth-order valence-corrected chi connectivity index (χ4v) is 3.35. The van der Waals surface area contributed by atoms with Crippen LogP contribution in [0, 0.1) is 11.3 Å². The predicted molar refractivity (Wildman–Crippen MR) is 79.0 cm³/mol. The van der Waals surface area contributed by atoms with Crippen LogP contribution in [0.25, 0.3) is 0 Å². The van der Waals surface area contributed by atoms with Gasteiger partial charge in [-0.1, -0.05) is 13.3 Å². The van der Waals surface area contributed by atoms with E-state index in [1.165, 1.54) is 0 Å². The Balaban J connectivity index is 2.34. The van der Waals surface area contributed by atoms with Crippen molar-refractivity contribution in [2.45, 2.75) is 32.3 Å². The summed E-state index contributed by atoms with van der Waals surface area (Å²) < 4.78 is 10.6. The average Bonchev–Trinajstić information content (AvgIpc) is 2.88. The Bertz CT molecular complexity index is 463. The van der Waals surface area contributed by atoms with Gasteiger partial charge in [0.2, 0.25) is 0 Å². The van der Waals surface area contributed by atoms with E-state index < -0.39 is 6.10 Å². The monoisotopic (exact) mass is 279 g/mol. The molecule has 3 N–H and O–H groups in total. The van der Waals surface area contributed by atoms with Crippen molar-refractivity contribution in [2.75, 3.05) is 20.8 Å². The Hall–Kier alpha value is -1.26. The fraction of sp³-hybridized carbons (Fsp3) is 0.625. The number of hydrogen-bond acceptors (Lipinski definition) is 4. The maximum atomic E-state index is 10.9. The predicted octanol–water partition coefficient (Wildman–Crippen LogP) is 2.50. The molecule has 1 aromatic carbocycles. The topological polar surface area (TPSA) is 64.7 Å². The minimum Gasteiger partial charge on any atom is -0.497 e. The van der Waals surface area contributed by atoms with Gasteiger partial charge < -0.3 is 20.3 Å². The van der Waals surface area contributed by atoms with Gasteiger partial charge in [-0.2, -0.15) is 0 Å². The van der Waals surface area contributed by atoms with Gasteiger partial charge in [0.15, 0.2) is 0 Å². The molecule has 20 heavy (non-hydrogen) atoms. The Morgan fingerprint density at radius 2 is 2.15 bits per heavy atom. The standard InChI is InChI=1S/C16H25NO3/c1-11-6-7-16(9-11,10-17)15(18)13-5-4-12(19-2)8-14(13)20-3/h4-5,8,11,15,18H,6-7,9-10,17H2,1-3H3. The number of aliphatic hydroxyl groups excluding tert-OH is 1. The Morgan fingerprint density at radius 1 is 1.40 bits per heavy atom. The molecule has 1 saturated carbocycles. The molecule has 1 fully saturated rings. The second-order valence-electron chi connectivity index (χ2n) is 5.92. The molecule has 0 heterocycles. The first-order chi connectivity index (χ1) is 9.56. The summed E-state index contributed by atoms with van der Waals surface area (Å²) in [6.45, 7) is 2.71. The summed E-state index contributed by atoms with van der Waals surface area (Å²) in [5.41, 5.74) is 6.56. The van der Waals surface area contributed by atoms with E-state index in [9.17, 15) is 5.11 Å². The van der Waals surface area contributed by atoms with E-state index in [1.807, 2.05) is 12.1 Å². The molecule has 0 saturated heterocycles. The normalized spacial score (nSPS) is 27.4. The van der Waals surface area contributed by atoms with Crippen LogP contribution >= 0.6 is 0 Å². The molecule has 3 unspecified atom stereocenters. The van der Waals surface area contributed by atoms with Crippen LogP contribution in [0.5, 0.6) is 11.5 Å². The van der Waals surface area contributed by atoms with Gasteiger partial charge in [-0.3, -0.25) is 0 Å². The number of aliphatic hydroxyl groups is 1. The zero-order valence-electron chi connectivity index (χ0n) is 12.6. The first-order valence-corrected chi connectivity index (χ1v) is 7.16. The largest absolute Gasteiger partial charge is 0.497 e. The third-order valence-electron chi connectivity index (χ3n) is 4.61. The van der Waals surface area contributed by atoms with Crippen molar-refractivity contribution >= 4 is 0 Å². The first kappa shape index (κ1) is 15.1. The summed E-state index contributed by atoms with van der Waals surface area (Å²) in [5.74, 6) is 1.99. The van der Waals surface area contributed by atoms with Crippen molar-refractivity contribution in [2.24, 2.45) is 17.1 Å². The van der Waals surface area contributed by atoms with Crippen LogP contribution in [-0.2, 0) is 0 Å². The molecule has 2 rings (SSSR count). The summed E-state index contributed by atoms with van der Waals surface area (Å²) in [7, 11) is 3.22. The highest BCUT2D eigenvalue weighted by molar-refractivity contribution is 5.42. The van der Waals surface area contributed by atoms with E-state index in [4.69, 9.17) is 15.2 Å².